The number of nitrogens with zero attached hydrogens (tertiary/aromatic N) is 1. The van der Waals surface area contributed by atoms with Gasteiger partial charge >= 0.3 is 5.97 Å². The zero-order chi connectivity index (χ0) is 10.6. The lowest BCUT2D eigenvalue weighted by molar-refractivity contribution is -0.143. The van der Waals surface area contributed by atoms with Crippen LogP contribution in [0.4, 0.5) is 0 Å². The molecule has 0 unspecified atom stereocenters. The zero-order valence-corrected chi connectivity index (χ0v) is 9.37. The predicted molar refractivity (Wildman–Crippen MR) is 61.0 cm³/mol. The molecule has 1 aliphatic carbocycles. The van der Waals surface area contributed by atoms with Crippen molar-refractivity contribution >= 4 is 24.3 Å². The molecule has 0 aromatic heterocycles. The Bertz CT molecular complexity index is 234. The summed E-state index contributed by atoms with van der Waals surface area (Å²) in [4.78, 5) is 14.6. The molecule has 1 saturated carbocycles. The van der Waals surface area contributed by atoms with Crippen molar-refractivity contribution < 1.29 is 9.90 Å². The van der Waals surface area contributed by atoms with Crippen molar-refractivity contribution in [2.24, 2.45) is 28.3 Å². The average molecular weight is 236 g/mol. The van der Waals surface area contributed by atoms with Gasteiger partial charge in [0.1, 0.15) is 0 Å². The van der Waals surface area contributed by atoms with Gasteiger partial charge < -0.3 is 16.6 Å². The highest BCUT2D eigenvalue weighted by atomic mass is 35.5. The Kier molecular flexibility index (Phi) is 6.08. The molecule has 88 valence electrons. The highest BCUT2D eigenvalue weighted by Crippen LogP contribution is 2.28. The van der Waals surface area contributed by atoms with Crippen LogP contribution in [-0.4, -0.2) is 23.6 Å². The number of aliphatic imine (C=N–C) groups is 1. The maximum atomic E-state index is 10.7. The third-order valence-electron chi connectivity index (χ3n) is 2.73. The van der Waals surface area contributed by atoms with Crippen molar-refractivity contribution in [3.63, 3.8) is 0 Å². The molecular weight excluding hydrogens is 218 g/mol. The van der Waals surface area contributed by atoms with Crippen molar-refractivity contribution in [2.45, 2.75) is 25.7 Å². The highest BCUT2D eigenvalue weighted by molar-refractivity contribution is 5.85. The molecule has 0 atom stereocenters. The van der Waals surface area contributed by atoms with E-state index in [1.165, 1.54) is 0 Å². The van der Waals surface area contributed by atoms with E-state index in [2.05, 4.69) is 4.99 Å². The maximum Gasteiger partial charge on any atom is 0.306 e. The number of nitrogens with two attached hydrogens (primary N) is 2. The number of halogens is 1. The minimum atomic E-state index is -0.676. The second-order valence-electron chi connectivity index (χ2n) is 3.82. The minimum Gasteiger partial charge on any atom is -0.481 e. The van der Waals surface area contributed by atoms with Crippen molar-refractivity contribution in [1.29, 1.82) is 0 Å². The largest absolute Gasteiger partial charge is 0.481 e. The van der Waals surface area contributed by atoms with Gasteiger partial charge in [0.05, 0.1) is 5.92 Å². The minimum absolute atomic E-state index is 0. The summed E-state index contributed by atoms with van der Waals surface area (Å²) >= 11 is 0. The molecule has 1 aliphatic rings. The topological polar surface area (TPSA) is 102 Å². The number of hydrogen-bond acceptors (Lipinski definition) is 2. The molecule has 0 heterocycles. The normalized spacial score (nSPS) is 25.1. The van der Waals surface area contributed by atoms with E-state index in [9.17, 15) is 4.79 Å². The zero-order valence-electron chi connectivity index (χ0n) is 8.56. The van der Waals surface area contributed by atoms with E-state index in [1.54, 1.807) is 0 Å². The second kappa shape index (κ2) is 6.50. The fourth-order valence-corrected chi connectivity index (χ4v) is 1.83. The van der Waals surface area contributed by atoms with Gasteiger partial charge in [-0.25, -0.2) is 0 Å². The summed E-state index contributed by atoms with van der Waals surface area (Å²) in [5, 5.41) is 8.78. The fourth-order valence-electron chi connectivity index (χ4n) is 1.83. The van der Waals surface area contributed by atoms with Gasteiger partial charge in [0.15, 0.2) is 5.96 Å². The molecule has 0 bridgehead atoms. The summed E-state index contributed by atoms with van der Waals surface area (Å²) in [7, 11) is 0. The molecule has 6 heteroatoms. The molecule has 0 radical (unpaired) electrons. The van der Waals surface area contributed by atoms with E-state index in [4.69, 9.17) is 16.6 Å². The summed E-state index contributed by atoms with van der Waals surface area (Å²) in [5.41, 5.74) is 10.4. The van der Waals surface area contributed by atoms with Crippen LogP contribution in [0.15, 0.2) is 4.99 Å². The maximum absolute atomic E-state index is 10.7. The van der Waals surface area contributed by atoms with Crippen molar-refractivity contribution in [2.75, 3.05) is 6.54 Å². The third-order valence-corrected chi connectivity index (χ3v) is 2.73. The highest BCUT2D eigenvalue weighted by Gasteiger charge is 2.25. The third kappa shape index (κ3) is 4.88. The van der Waals surface area contributed by atoms with Gasteiger partial charge in [-0.2, -0.15) is 0 Å². The summed E-state index contributed by atoms with van der Waals surface area (Å²) in [6.45, 7) is 0.634. The Morgan fingerprint density at radius 3 is 2.20 bits per heavy atom. The molecule has 0 aromatic rings. The van der Waals surface area contributed by atoms with Gasteiger partial charge in [0, 0.05) is 6.54 Å². The van der Waals surface area contributed by atoms with Gasteiger partial charge in [0.2, 0.25) is 0 Å². The molecule has 5 nitrogen and oxygen atoms in total. The first kappa shape index (κ1) is 14.0. The van der Waals surface area contributed by atoms with E-state index < -0.39 is 5.97 Å². The molecule has 5 N–H and O–H groups in total. The standard InChI is InChI=1S/C9H17N3O2.ClH/c10-9(11)12-5-6-1-3-7(4-2-6)8(13)14;/h6-7H,1-5H2,(H,13,14)(H4,10,11,12);1H. The van der Waals surface area contributed by atoms with E-state index in [1.807, 2.05) is 0 Å². The predicted octanol–water partition coefficient (Wildman–Crippen LogP) is 0.573. The Balaban J connectivity index is 0.00000196. The van der Waals surface area contributed by atoms with Crippen LogP contribution in [0.3, 0.4) is 0 Å². The van der Waals surface area contributed by atoms with Crippen molar-refractivity contribution in [1.82, 2.24) is 0 Å². The number of hydrogen-bond donors (Lipinski definition) is 3. The van der Waals surface area contributed by atoms with Gasteiger partial charge in [-0.05, 0) is 31.6 Å². The lowest BCUT2D eigenvalue weighted by atomic mass is 9.82. The van der Waals surface area contributed by atoms with Crippen LogP contribution in [0.1, 0.15) is 25.7 Å². The smallest absolute Gasteiger partial charge is 0.306 e. The Morgan fingerprint density at radius 2 is 1.80 bits per heavy atom. The summed E-state index contributed by atoms with van der Waals surface area (Å²) in [6.07, 6.45) is 3.32. The van der Waals surface area contributed by atoms with Gasteiger partial charge in [-0.15, -0.1) is 12.4 Å². The molecule has 0 aromatic carbocycles. The number of carboxylic acid groups (broad SMARTS) is 1. The molecular formula is C9H18ClN3O2. The van der Waals surface area contributed by atoms with Crippen LogP contribution >= 0.6 is 12.4 Å². The number of aliphatic carboxylic acids is 1. The van der Waals surface area contributed by atoms with Crippen molar-refractivity contribution in [3.05, 3.63) is 0 Å². The van der Waals surface area contributed by atoms with Gasteiger partial charge in [-0.3, -0.25) is 9.79 Å². The van der Waals surface area contributed by atoms with Gasteiger partial charge in [-0.1, -0.05) is 0 Å². The van der Waals surface area contributed by atoms with Crippen LogP contribution in [-0.2, 0) is 4.79 Å². The Labute approximate surface area is 95.3 Å². The summed E-state index contributed by atoms with van der Waals surface area (Å²) in [6, 6.07) is 0. The van der Waals surface area contributed by atoms with Crippen LogP contribution < -0.4 is 11.5 Å². The molecule has 0 amide bonds. The van der Waals surface area contributed by atoms with E-state index in [0.717, 1.165) is 25.7 Å². The van der Waals surface area contributed by atoms with Crippen LogP contribution in [0.5, 0.6) is 0 Å². The lowest BCUT2D eigenvalue weighted by Crippen LogP contribution is -2.26. The van der Waals surface area contributed by atoms with E-state index in [-0.39, 0.29) is 24.3 Å². The number of rotatable bonds is 3. The second-order valence-corrected chi connectivity index (χ2v) is 3.82. The fraction of sp³-hybridized carbons (Fsp3) is 0.778. The molecule has 15 heavy (non-hydrogen) atoms. The number of guanidine groups is 1. The van der Waals surface area contributed by atoms with E-state index in [0.29, 0.717) is 12.5 Å². The van der Waals surface area contributed by atoms with Crippen LogP contribution in [0, 0.1) is 11.8 Å². The quantitative estimate of drug-likeness (QED) is 0.492. The first-order valence-corrected chi connectivity index (χ1v) is 4.87. The monoisotopic (exact) mass is 235 g/mol. The molecule has 1 fully saturated rings. The van der Waals surface area contributed by atoms with Crippen LogP contribution in [0.2, 0.25) is 0 Å². The SMILES string of the molecule is Cl.NC(N)=NCC1CCC(C(=O)O)CC1. The molecule has 0 aliphatic heterocycles. The Morgan fingerprint density at radius 1 is 1.27 bits per heavy atom. The summed E-state index contributed by atoms with van der Waals surface area (Å²) < 4.78 is 0. The number of carboxylic acids is 1. The molecule has 1 rings (SSSR count). The lowest BCUT2D eigenvalue weighted by Gasteiger charge is -2.24. The van der Waals surface area contributed by atoms with E-state index >= 15 is 0 Å². The average Bonchev–Trinajstić information content (AvgIpc) is 2.15. The summed E-state index contributed by atoms with van der Waals surface area (Å²) in [5.74, 6) is -0.270. The Hall–Kier alpha value is -0.970. The molecule has 0 saturated heterocycles. The first-order valence-electron chi connectivity index (χ1n) is 4.87. The molecule has 0 spiro atoms. The first-order chi connectivity index (χ1) is 6.59. The van der Waals surface area contributed by atoms with Gasteiger partial charge in [0.25, 0.3) is 0 Å². The van der Waals surface area contributed by atoms with Crippen molar-refractivity contribution in [3.8, 4) is 0 Å². The number of carbonyl (C=O) groups is 1. The van der Waals surface area contributed by atoms with Crippen LogP contribution in [0.25, 0.3) is 0 Å².